The van der Waals surface area contributed by atoms with Crippen molar-refractivity contribution in [2.45, 2.75) is 33.6 Å². The number of carbonyl (C=O) groups is 1. The zero-order valence-corrected chi connectivity index (χ0v) is 12.5. The van der Waals surface area contributed by atoms with Gasteiger partial charge in [0, 0.05) is 12.0 Å². The summed E-state index contributed by atoms with van der Waals surface area (Å²) in [6.45, 7) is 6.67. The molecule has 0 aromatic heterocycles. The fraction of sp³-hybridized carbons (Fsp3) is 0.316. The third-order valence-electron chi connectivity index (χ3n) is 3.22. The molecule has 0 heterocycles. The Balaban J connectivity index is 2.04. The molecule has 1 heteroatoms. The van der Waals surface area contributed by atoms with Crippen LogP contribution >= 0.6 is 0 Å². The normalized spacial score (nSPS) is 11.3. The summed E-state index contributed by atoms with van der Waals surface area (Å²) in [6, 6.07) is 17.9. The first-order valence-corrected chi connectivity index (χ1v) is 7.10. The Morgan fingerprint density at radius 1 is 0.850 bits per heavy atom. The zero-order valence-electron chi connectivity index (χ0n) is 12.5. The van der Waals surface area contributed by atoms with Crippen LogP contribution in [-0.4, -0.2) is 5.78 Å². The maximum Gasteiger partial charge on any atom is 0.167 e. The molecular weight excluding hydrogens is 244 g/mol. The van der Waals surface area contributed by atoms with Gasteiger partial charge in [-0.15, -0.1) is 0 Å². The summed E-state index contributed by atoms with van der Waals surface area (Å²) in [5, 5.41) is 0. The maximum absolute atomic E-state index is 12.2. The molecule has 2 rings (SSSR count). The van der Waals surface area contributed by atoms with Crippen LogP contribution in [0, 0.1) is 5.41 Å². The molecular formula is C19H22O. The highest BCUT2D eigenvalue weighted by atomic mass is 16.1. The molecule has 0 aliphatic rings. The fourth-order valence-electron chi connectivity index (χ4n) is 2.30. The summed E-state index contributed by atoms with van der Waals surface area (Å²) in [4.78, 5) is 12.2. The standard InChI is InChI=1S/C19H22O/c1-19(2,3)14-16-9-11-17(12-10-16)18(20)13-15-7-5-4-6-8-15/h4-12H,13-14H2,1-3H3. The summed E-state index contributed by atoms with van der Waals surface area (Å²) in [5.41, 5.74) is 3.42. The average Bonchev–Trinajstić information content (AvgIpc) is 2.39. The van der Waals surface area contributed by atoms with Gasteiger partial charge in [-0.3, -0.25) is 4.79 Å². The van der Waals surface area contributed by atoms with Crippen molar-refractivity contribution in [2.24, 2.45) is 5.41 Å². The summed E-state index contributed by atoms with van der Waals surface area (Å²) >= 11 is 0. The van der Waals surface area contributed by atoms with E-state index in [1.54, 1.807) is 0 Å². The molecule has 0 radical (unpaired) electrons. The van der Waals surface area contributed by atoms with Crippen molar-refractivity contribution < 1.29 is 4.79 Å². The molecule has 0 saturated carbocycles. The lowest BCUT2D eigenvalue weighted by molar-refractivity contribution is 0.0993. The minimum Gasteiger partial charge on any atom is -0.294 e. The Hall–Kier alpha value is -1.89. The first kappa shape index (κ1) is 14.5. The van der Waals surface area contributed by atoms with E-state index in [4.69, 9.17) is 0 Å². The average molecular weight is 266 g/mol. The summed E-state index contributed by atoms with van der Waals surface area (Å²) in [7, 11) is 0. The number of hydrogen-bond donors (Lipinski definition) is 0. The fourth-order valence-corrected chi connectivity index (χ4v) is 2.30. The second-order valence-electron chi connectivity index (χ2n) is 6.52. The molecule has 0 fully saturated rings. The number of Topliss-reactive ketones (excluding diaryl/α,β-unsaturated/α-hetero) is 1. The predicted octanol–water partition coefficient (Wildman–Crippen LogP) is 4.70. The topological polar surface area (TPSA) is 17.1 Å². The van der Waals surface area contributed by atoms with E-state index in [1.807, 2.05) is 42.5 Å². The molecule has 0 spiro atoms. The maximum atomic E-state index is 12.2. The Bertz CT molecular complexity index is 559. The number of rotatable bonds is 4. The highest BCUT2D eigenvalue weighted by molar-refractivity contribution is 5.97. The van der Waals surface area contributed by atoms with Gasteiger partial charge in [0.05, 0.1) is 0 Å². The Kier molecular flexibility index (Phi) is 4.39. The molecule has 0 amide bonds. The van der Waals surface area contributed by atoms with Gasteiger partial charge in [-0.05, 0) is 23.0 Å². The second kappa shape index (κ2) is 6.04. The molecule has 20 heavy (non-hydrogen) atoms. The molecule has 2 aromatic carbocycles. The molecule has 0 saturated heterocycles. The second-order valence-corrected chi connectivity index (χ2v) is 6.52. The van der Waals surface area contributed by atoms with E-state index >= 15 is 0 Å². The van der Waals surface area contributed by atoms with Crippen LogP contribution in [0.3, 0.4) is 0 Å². The van der Waals surface area contributed by atoms with Gasteiger partial charge in [-0.1, -0.05) is 75.4 Å². The predicted molar refractivity (Wildman–Crippen MR) is 84.1 cm³/mol. The number of hydrogen-bond acceptors (Lipinski definition) is 1. The van der Waals surface area contributed by atoms with Crippen LogP contribution in [-0.2, 0) is 12.8 Å². The zero-order chi connectivity index (χ0) is 14.6. The van der Waals surface area contributed by atoms with Crippen LogP contribution in [0.2, 0.25) is 0 Å². The Morgan fingerprint density at radius 2 is 1.45 bits per heavy atom. The molecule has 0 aliphatic carbocycles. The van der Waals surface area contributed by atoms with Gasteiger partial charge < -0.3 is 0 Å². The van der Waals surface area contributed by atoms with Gasteiger partial charge in [0.1, 0.15) is 0 Å². The number of carbonyl (C=O) groups excluding carboxylic acids is 1. The number of benzene rings is 2. The summed E-state index contributed by atoms with van der Waals surface area (Å²) in [5.74, 6) is 0.179. The molecule has 0 aliphatic heterocycles. The highest BCUT2D eigenvalue weighted by Gasteiger charge is 2.12. The lowest BCUT2D eigenvalue weighted by Crippen LogP contribution is -2.09. The van der Waals surface area contributed by atoms with Crippen LogP contribution in [0.5, 0.6) is 0 Å². The summed E-state index contributed by atoms with van der Waals surface area (Å²) in [6.07, 6.45) is 1.50. The quantitative estimate of drug-likeness (QED) is 0.733. The third-order valence-corrected chi connectivity index (χ3v) is 3.22. The molecule has 1 nitrogen and oxygen atoms in total. The Labute approximate surface area is 121 Å². The molecule has 0 unspecified atom stereocenters. The molecule has 0 atom stereocenters. The van der Waals surface area contributed by atoms with Crippen molar-refractivity contribution in [2.75, 3.05) is 0 Å². The van der Waals surface area contributed by atoms with E-state index in [1.165, 1.54) is 5.56 Å². The van der Waals surface area contributed by atoms with Crippen LogP contribution in [0.25, 0.3) is 0 Å². The van der Waals surface area contributed by atoms with Crippen molar-refractivity contribution in [1.29, 1.82) is 0 Å². The van der Waals surface area contributed by atoms with Crippen LogP contribution in [0.1, 0.15) is 42.3 Å². The molecule has 104 valence electrons. The van der Waals surface area contributed by atoms with Crippen molar-refractivity contribution >= 4 is 5.78 Å². The van der Waals surface area contributed by atoms with Crippen molar-refractivity contribution in [3.8, 4) is 0 Å². The van der Waals surface area contributed by atoms with Gasteiger partial charge in [0.15, 0.2) is 5.78 Å². The van der Waals surface area contributed by atoms with Gasteiger partial charge >= 0.3 is 0 Å². The highest BCUT2D eigenvalue weighted by Crippen LogP contribution is 2.21. The van der Waals surface area contributed by atoms with Crippen LogP contribution < -0.4 is 0 Å². The van der Waals surface area contributed by atoms with E-state index in [9.17, 15) is 4.79 Å². The lowest BCUT2D eigenvalue weighted by Gasteiger charge is -2.18. The van der Waals surface area contributed by atoms with Crippen molar-refractivity contribution in [3.63, 3.8) is 0 Å². The summed E-state index contributed by atoms with van der Waals surface area (Å²) < 4.78 is 0. The van der Waals surface area contributed by atoms with Crippen LogP contribution in [0.15, 0.2) is 54.6 Å². The van der Waals surface area contributed by atoms with E-state index in [2.05, 4.69) is 32.9 Å². The lowest BCUT2D eigenvalue weighted by atomic mass is 9.87. The minimum absolute atomic E-state index is 0.179. The van der Waals surface area contributed by atoms with Crippen molar-refractivity contribution in [1.82, 2.24) is 0 Å². The first-order chi connectivity index (χ1) is 9.44. The SMILES string of the molecule is CC(C)(C)Cc1ccc(C(=O)Cc2ccccc2)cc1. The van der Waals surface area contributed by atoms with E-state index < -0.39 is 0 Å². The monoisotopic (exact) mass is 266 g/mol. The molecule has 0 N–H and O–H groups in total. The van der Waals surface area contributed by atoms with Crippen molar-refractivity contribution in [3.05, 3.63) is 71.3 Å². The minimum atomic E-state index is 0.179. The molecule has 2 aromatic rings. The Morgan fingerprint density at radius 3 is 2.00 bits per heavy atom. The smallest absolute Gasteiger partial charge is 0.167 e. The van der Waals surface area contributed by atoms with E-state index in [-0.39, 0.29) is 11.2 Å². The van der Waals surface area contributed by atoms with Gasteiger partial charge in [0.25, 0.3) is 0 Å². The molecule has 0 bridgehead atoms. The van der Waals surface area contributed by atoms with E-state index in [0.29, 0.717) is 6.42 Å². The largest absolute Gasteiger partial charge is 0.294 e. The van der Waals surface area contributed by atoms with Gasteiger partial charge in [0.2, 0.25) is 0 Å². The third kappa shape index (κ3) is 4.34. The van der Waals surface area contributed by atoms with Crippen LogP contribution in [0.4, 0.5) is 0 Å². The van der Waals surface area contributed by atoms with E-state index in [0.717, 1.165) is 17.5 Å². The van der Waals surface area contributed by atoms with Gasteiger partial charge in [-0.2, -0.15) is 0 Å². The first-order valence-electron chi connectivity index (χ1n) is 7.10. The number of ketones is 1. The van der Waals surface area contributed by atoms with Gasteiger partial charge in [-0.25, -0.2) is 0 Å².